The zero-order chi connectivity index (χ0) is 9.59. The van der Waals surface area contributed by atoms with Crippen molar-refractivity contribution in [3.05, 3.63) is 24.4 Å². The van der Waals surface area contributed by atoms with E-state index in [1.807, 2.05) is 0 Å². The number of hydrogen-bond donors (Lipinski definition) is 1. The molecule has 13 heavy (non-hydrogen) atoms. The normalized spacial score (nSPS) is 26.5. The Morgan fingerprint density at radius 1 is 1.54 bits per heavy atom. The third-order valence-electron chi connectivity index (χ3n) is 2.17. The maximum absolute atomic E-state index is 11.4. The number of likely N-dealkylation sites (N-methyl/N-ethyl adjacent to an activating group) is 1. The van der Waals surface area contributed by atoms with Crippen molar-refractivity contribution in [3.63, 3.8) is 0 Å². The smallest absolute Gasteiger partial charge is 0.271 e. The van der Waals surface area contributed by atoms with Crippen molar-refractivity contribution in [1.82, 2.24) is 15.3 Å². The summed E-state index contributed by atoms with van der Waals surface area (Å²) in [5.41, 5.74) is 0.389. The Bertz CT molecular complexity index is 334. The molecule has 2 aliphatic rings. The number of hydrogen-bond acceptors (Lipinski definition) is 3. The van der Waals surface area contributed by atoms with E-state index in [0.717, 1.165) is 0 Å². The monoisotopic (exact) mass is 179 g/mol. The van der Waals surface area contributed by atoms with Gasteiger partial charge in [0.15, 0.2) is 6.17 Å². The fourth-order valence-electron chi connectivity index (χ4n) is 1.48. The molecule has 1 saturated heterocycles. The number of amides is 2. The second-order valence-electron chi connectivity index (χ2n) is 2.94. The minimum absolute atomic E-state index is 0.210. The van der Waals surface area contributed by atoms with Gasteiger partial charge < -0.3 is 5.32 Å². The van der Waals surface area contributed by atoms with Crippen LogP contribution in [-0.2, 0) is 9.59 Å². The molecule has 1 N–H and O–H groups in total. The summed E-state index contributed by atoms with van der Waals surface area (Å²) in [6.07, 6.45) is 2.50. The molecule has 0 radical (unpaired) electrons. The maximum Gasteiger partial charge on any atom is 0.271 e. The molecule has 1 atom stereocenters. The number of carbonyl (C=O) groups excluding carboxylic acids is 2. The van der Waals surface area contributed by atoms with Crippen LogP contribution in [0.1, 0.15) is 0 Å². The molecule has 1 fully saturated rings. The fraction of sp³-hybridized carbons (Fsp3) is 0.250. The number of hydrazine groups is 1. The highest BCUT2D eigenvalue weighted by atomic mass is 16.2. The molecule has 0 aliphatic carbocycles. The molecule has 0 aromatic heterocycles. The summed E-state index contributed by atoms with van der Waals surface area (Å²) in [4.78, 5) is 22.7. The topological polar surface area (TPSA) is 52.7 Å². The minimum Gasteiger partial charge on any atom is -0.366 e. The van der Waals surface area contributed by atoms with Gasteiger partial charge in [-0.1, -0.05) is 6.58 Å². The zero-order valence-electron chi connectivity index (χ0n) is 7.15. The zero-order valence-corrected chi connectivity index (χ0v) is 7.15. The van der Waals surface area contributed by atoms with Crippen LogP contribution in [-0.4, -0.2) is 35.0 Å². The maximum atomic E-state index is 11.4. The molecular formula is C8H9N3O2. The first-order valence-electron chi connectivity index (χ1n) is 3.85. The largest absolute Gasteiger partial charge is 0.366 e. The van der Waals surface area contributed by atoms with Crippen LogP contribution >= 0.6 is 0 Å². The highest BCUT2D eigenvalue weighted by molar-refractivity contribution is 6.01. The average molecular weight is 179 g/mol. The van der Waals surface area contributed by atoms with Crippen LogP contribution in [0.4, 0.5) is 0 Å². The molecule has 2 rings (SSSR count). The molecule has 0 aromatic rings. The molecule has 2 amide bonds. The summed E-state index contributed by atoms with van der Waals surface area (Å²) < 4.78 is 0. The lowest BCUT2D eigenvalue weighted by Crippen LogP contribution is -2.50. The van der Waals surface area contributed by atoms with Gasteiger partial charge in [0.05, 0.1) is 5.57 Å². The van der Waals surface area contributed by atoms with Crippen LogP contribution in [0.5, 0.6) is 0 Å². The van der Waals surface area contributed by atoms with Crippen molar-refractivity contribution in [2.45, 2.75) is 6.17 Å². The molecule has 5 heteroatoms. The lowest BCUT2D eigenvalue weighted by molar-refractivity contribution is -0.151. The number of fused-ring (bicyclic) bond motifs is 1. The van der Waals surface area contributed by atoms with Gasteiger partial charge in [-0.3, -0.25) is 9.59 Å². The summed E-state index contributed by atoms with van der Waals surface area (Å²) >= 11 is 0. The molecule has 5 nitrogen and oxygen atoms in total. The number of nitrogens with zero attached hydrogens (tertiary/aromatic N) is 2. The first-order valence-corrected chi connectivity index (χ1v) is 3.85. The standard InChI is InChI=1S/C8H9N3O2/c1-5-7-9-4-3-6(12)11(7)10(2)8(5)13/h3-4,7,9H,1H2,2H3. The van der Waals surface area contributed by atoms with Gasteiger partial charge >= 0.3 is 0 Å². The number of carbonyl (C=O) groups is 2. The van der Waals surface area contributed by atoms with Gasteiger partial charge in [0, 0.05) is 19.3 Å². The number of rotatable bonds is 0. The number of nitrogens with one attached hydrogen (secondary N) is 1. The molecule has 0 bridgehead atoms. The predicted molar refractivity (Wildman–Crippen MR) is 44.8 cm³/mol. The average Bonchev–Trinajstić information content (AvgIpc) is 2.33. The first-order chi connectivity index (χ1) is 6.13. The van der Waals surface area contributed by atoms with E-state index >= 15 is 0 Å². The lowest BCUT2D eigenvalue weighted by Gasteiger charge is -2.30. The van der Waals surface area contributed by atoms with Crippen LogP contribution in [0.3, 0.4) is 0 Å². The van der Waals surface area contributed by atoms with Gasteiger partial charge in [0.2, 0.25) is 0 Å². The molecule has 0 saturated carbocycles. The molecule has 0 spiro atoms. The van der Waals surface area contributed by atoms with Crippen molar-refractivity contribution in [2.24, 2.45) is 0 Å². The Morgan fingerprint density at radius 3 is 2.85 bits per heavy atom. The highest BCUT2D eigenvalue weighted by Gasteiger charge is 2.42. The van der Waals surface area contributed by atoms with Crippen LogP contribution < -0.4 is 5.32 Å². The van der Waals surface area contributed by atoms with Crippen molar-refractivity contribution in [2.75, 3.05) is 7.05 Å². The molecule has 68 valence electrons. The summed E-state index contributed by atoms with van der Waals surface area (Å²) in [5, 5.41) is 5.49. The predicted octanol–water partition coefficient (Wildman–Crippen LogP) is -0.799. The van der Waals surface area contributed by atoms with E-state index in [1.54, 1.807) is 7.05 Å². The van der Waals surface area contributed by atoms with Gasteiger partial charge in [0.25, 0.3) is 11.8 Å². The van der Waals surface area contributed by atoms with Crippen molar-refractivity contribution in [1.29, 1.82) is 0 Å². The van der Waals surface area contributed by atoms with Crippen LogP contribution in [0.25, 0.3) is 0 Å². The van der Waals surface area contributed by atoms with Crippen molar-refractivity contribution < 1.29 is 9.59 Å². The summed E-state index contributed by atoms with van der Waals surface area (Å²) in [6.45, 7) is 3.62. The lowest BCUT2D eigenvalue weighted by atomic mass is 10.2. The van der Waals surface area contributed by atoms with Gasteiger partial charge in [-0.25, -0.2) is 10.0 Å². The van der Waals surface area contributed by atoms with Crippen LogP contribution in [0.15, 0.2) is 24.4 Å². The Kier molecular flexibility index (Phi) is 1.42. The summed E-state index contributed by atoms with van der Waals surface area (Å²) in [6, 6.07) is 0. The second kappa shape index (κ2) is 2.35. The molecule has 1 unspecified atom stereocenters. The van der Waals surface area contributed by atoms with E-state index in [2.05, 4.69) is 11.9 Å². The highest BCUT2D eigenvalue weighted by Crippen LogP contribution is 2.22. The second-order valence-corrected chi connectivity index (χ2v) is 2.94. The van der Waals surface area contributed by atoms with Crippen LogP contribution in [0.2, 0.25) is 0 Å². The molecule has 0 aromatic carbocycles. The van der Waals surface area contributed by atoms with E-state index < -0.39 is 6.17 Å². The van der Waals surface area contributed by atoms with E-state index in [9.17, 15) is 9.59 Å². The fourth-order valence-corrected chi connectivity index (χ4v) is 1.48. The van der Waals surface area contributed by atoms with Crippen LogP contribution in [0, 0.1) is 0 Å². The van der Waals surface area contributed by atoms with E-state index in [-0.39, 0.29) is 11.8 Å². The van der Waals surface area contributed by atoms with Crippen molar-refractivity contribution in [3.8, 4) is 0 Å². The first kappa shape index (κ1) is 7.85. The third-order valence-corrected chi connectivity index (χ3v) is 2.17. The summed E-state index contributed by atoms with van der Waals surface area (Å²) in [5.74, 6) is -0.437. The Labute approximate surface area is 75.3 Å². The Morgan fingerprint density at radius 2 is 2.23 bits per heavy atom. The van der Waals surface area contributed by atoms with E-state index in [0.29, 0.717) is 5.57 Å². The molecule has 2 heterocycles. The quantitative estimate of drug-likeness (QED) is 0.495. The van der Waals surface area contributed by atoms with E-state index in [4.69, 9.17) is 0 Å². The van der Waals surface area contributed by atoms with Crippen molar-refractivity contribution >= 4 is 11.8 Å². The summed E-state index contributed by atoms with van der Waals surface area (Å²) in [7, 11) is 1.55. The van der Waals surface area contributed by atoms with Gasteiger partial charge in [-0.05, 0) is 0 Å². The SMILES string of the molecule is C=C1C(=O)N(C)N2C(=O)C=CNC12. The van der Waals surface area contributed by atoms with Gasteiger partial charge in [-0.15, -0.1) is 0 Å². The van der Waals surface area contributed by atoms with Gasteiger partial charge in [-0.2, -0.15) is 0 Å². The van der Waals surface area contributed by atoms with E-state index in [1.165, 1.54) is 22.3 Å². The minimum atomic E-state index is -0.407. The Hall–Kier alpha value is -1.78. The molecular weight excluding hydrogens is 170 g/mol. The van der Waals surface area contributed by atoms with Gasteiger partial charge in [0.1, 0.15) is 0 Å². The third kappa shape index (κ3) is 0.867. The Balaban J connectivity index is 2.41. The molecule has 2 aliphatic heterocycles.